The molecule has 0 spiro atoms. The topological polar surface area (TPSA) is 80.3 Å². The second kappa shape index (κ2) is 8.68. The maximum absolute atomic E-state index is 13.1. The normalized spacial score (nSPS) is 14.5. The van der Waals surface area contributed by atoms with Crippen molar-refractivity contribution in [2.24, 2.45) is 19.1 Å². The molecule has 1 aliphatic heterocycles. The lowest BCUT2D eigenvalue weighted by molar-refractivity contribution is 0.578. The van der Waals surface area contributed by atoms with Gasteiger partial charge in [-0.3, -0.25) is 24.0 Å². The van der Waals surface area contributed by atoms with Gasteiger partial charge >= 0.3 is 5.69 Å². The van der Waals surface area contributed by atoms with Crippen molar-refractivity contribution < 1.29 is 0 Å². The van der Waals surface area contributed by atoms with Crippen LogP contribution in [0.2, 0.25) is 5.02 Å². The highest BCUT2D eigenvalue weighted by molar-refractivity contribution is 6.30. The van der Waals surface area contributed by atoms with Crippen LogP contribution in [0, 0.1) is 6.92 Å². The number of aromatic amines is 1. The second-order valence-electron chi connectivity index (χ2n) is 8.80. The monoisotopic (exact) mass is 478 g/mol. The van der Waals surface area contributed by atoms with E-state index in [0.29, 0.717) is 16.3 Å². The first-order valence-corrected chi connectivity index (χ1v) is 11.8. The number of aliphatic imine (C=N–C) groups is 1. The molecule has 0 radical (unpaired) electrons. The number of fused-ring (bicyclic) bond motifs is 1. The predicted octanol–water partition coefficient (Wildman–Crippen LogP) is 4.06. The van der Waals surface area contributed by atoms with E-state index >= 15 is 0 Å². The summed E-state index contributed by atoms with van der Waals surface area (Å²) in [5.41, 5.74) is 5.05. The molecule has 2 aromatic heterocycles. The summed E-state index contributed by atoms with van der Waals surface area (Å²) < 4.78 is 4.78. The average Bonchev–Trinajstić information content (AvgIpc) is 3.25. The van der Waals surface area contributed by atoms with Crippen LogP contribution < -0.4 is 16.1 Å². The summed E-state index contributed by atoms with van der Waals surface area (Å²) in [5.74, 6) is 0. The maximum atomic E-state index is 13.1. The van der Waals surface area contributed by atoms with Crippen LogP contribution >= 0.6 is 11.6 Å². The van der Waals surface area contributed by atoms with Gasteiger partial charge in [0.2, 0.25) is 0 Å². The number of anilines is 1. The van der Waals surface area contributed by atoms with E-state index in [4.69, 9.17) is 16.6 Å². The third kappa shape index (κ3) is 3.77. The van der Waals surface area contributed by atoms with Crippen LogP contribution in [0.15, 0.2) is 51.0 Å². The van der Waals surface area contributed by atoms with Gasteiger partial charge in [0.25, 0.3) is 5.56 Å². The minimum Gasteiger partial charge on any atom is -0.370 e. The van der Waals surface area contributed by atoms with Gasteiger partial charge < -0.3 is 4.90 Å². The van der Waals surface area contributed by atoms with E-state index in [9.17, 15) is 9.59 Å². The molecule has 1 saturated heterocycles. The Morgan fingerprint density at radius 3 is 2.29 bits per heavy atom. The van der Waals surface area contributed by atoms with Crippen LogP contribution in [0.25, 0.3) is 16.7 Å². The zero-order chi connectivity index (χ0) is 24.0. The summed E-state index contributed by atoms with van der Waals surface area (Å²) >= 11 is 5.99. The molecule has 0 saturated carbocycles. The molecular weight excluding hydrogens is 452 g/mol. The van der Waals surface area contributed by atoms with Crippen LogP contribution in [0.1, 0.15) is 30.5 Å². The zero-order valence-corrected chi connectivity index (χ0v) is 20.3. The highest BCUT2D eigenvalue weighted by Gasteiger charge is 2.19. The summed E-state index contributed by atoms with van der Waals surface area (Å²) in [5, 5.41) is 3.73. The van der Waals surface area contributed by atoms with Crippen molar-refractivity contribution in [3.05, 3.63) is 73.5 Å². The number of aromatic nitrogens is 4. The van der Waals surface area contributed by atoms with Gasteiger partial charge in [0.05, 0.1) is 33.7 Å². The highest BCUT2D eigenvalue weighted by Crippen LogP contribution is 2.34. The molecule has 5 rings (SSSR count). The molecule has 0 bridgehead atoms. The third-order valence-corrected chi connectivity index (χ3v) is 6.85. The number of hydrogen-bond donors (Lipinski definition) is 1. The Labute approximate surface area is 201 Å². The molecule has 1 aliphatic rings. The van der Waals surface area contributed by atoms with Crippen molar-refractivity contribution in [1.82, 2.24) is 18.9 Å². The van der Waals surface area contributed by atoms with Crippen molar-refractivity contribution >= 4 is 40.2 Å². The maximum Gasteiger partial charge on any atom is 0.328 e. The van der Waals surface area contributed by atoms with E-state index in [0.717, 1.165) is 54.0 Å². The van der Waals surface area contributed by atoms with E-state index in [-0.39, 0.29) is 11.2 Å². The van der Waals surface area contributed by atoms with Crippen molar-refractivity contribution in [2.45, 2.75) is 26.2 Å². The molecule has 3 heterocycles. The van der Waals surface area contributed by atoms with E-state index in [1.54, 1.807) is 53.7 Å². The van der Waals surface area contributed by atoms with Crippen molar-refractivity contribution in [2.75, 3.05) is 18.0 Å². The fourth-order valence-electron chi connectivity index (χ4n) is 4.63. The lowest BCUT2D eigenvalue weighted by Crippen LogP contribution is -2.29. The third-order valence-electron chi connectivity index (χ3n) is 6.60. The first-order valence-electron chi connectivity index (χ1n) is 11.4. The molecule has 1 fully saturated rings. The summed E-state index contributed by atoms with van der Waals surface area (Å²) in [6.45, 7) is 3.74. The number of nitrogens with zero attached hydrogens (tertiary/aromatic N) is 5. The van der Waals surface area contributed by atoms with Gasteiger partial charge in [-0.15, -0.1) is 0 Å². The van der Waals surface area contributed by atoms with Crippen LogP contribution in [-0.4, -0.2) is 38.2 Å². The second-order valence-corrected chi connectivity index (χ2v) is 9.24. The standard InChI is InChI=1S/C25H27ClN6O2/c1-16-19(24(33)32(28-16)18-9-7-17(26)8-10-18)15-27-20-13-22-23(30(3)25(34)29(22)2)14-21(20)31-11-5-4-6-12-31/h7-10,13-15,28H,4-6,11-12H2,1-3H3. The largest absolute Gasteiger partial charge is 0.370 e. The quantitative estimate of drug-likeness (QED) is 0.449. The number of imidazole rings is 1. The molecule has 176 valence electrons. The molecule has 0 amide bonds. The minimum atomic E-state index is -0.184. The summed E-state index contributed by atoms with van der Waals surface area (Å²) in [6.07, 6.45) is 5.08. The molecule has 0 unspecified atom stereocenters. The van der Waals surface area contributed by atoms with E-state index in [2.05, 4.69) is 10.00 Å². The average molecular weight is 479 g/mol. The number of hydrogen-bond acceptors (Lipinski definition) is 4. The number of piperidine rings is 1. The Kier molecular flexibility index (Phi) is 5.69. The summed E-state index contributed by atoms with van der Waals surface area (Å²) in [7, 11) is 3.55. The molecule has 8 nitrogen and oxygen atoms in total. The van der Waals surface area contributed by atoms with Crippen LogP contribution in [0.4, 0.5) is 11.4 Å². The lowest BCUT2D eigenvalue weighted by atomic mass is 10.1. The molecule has 0 atom stereocenters. The van der Waals surface area contributed by atoms with E-state index < -0.39 is 0 Å². The van der Waals surface area contributed by atoms with Crippen molar-refractivity contribution in [3.8, 4) is 5.69 Å². The van der Waals surface area contributed by atoms with Gasteiger partial charge in [-0.2, -0.15) is 0 Å². The Morgan fingerprint density at radius 2 is 1.62 bits per heavy atom. The Bertz CT molecular complexity index is 1510. The van der Waals surface area contributed by atoms with Crippen molar-refractivity contribution in [1.29, 1.82) is 0 Å². The Hall–Kier alpha value is -3.52. The van der Waals surface area contributed by atoms with Crippen molar-refractivity contribution in [3.63, 3.8) is 0 Å². The van der Waals surface area contributed by atoms with Gasteiger partial charge in [-0.05, 0) is 62.6 Å². The Balaban J connectivity index is 1.61. The van der Waals surface area contributed by atoms with Gasteiger partial charge in [0.1, 0.15) is 0 Å². The summed E-state index contributed by atoms with van der Waals surface area (Å²) in [4.78, 5) is 32.8. The van der Waals surface area contributed by atoms with Gasteiger partial charge in [-0.1, -0.05) is 11.6 Å². The number of nitrogens with one attached hydrogen (secondary N) is 1. The number of aryl methyl sites for hydroxylation is 3. The SMILES string of the molecule is Cc1[nH]n(-c2ccc(Cl)cc2)c(=O)c1C=Nc1cc2c(cc1N1CCCCC1)n(C)c(=O)n2C. The number of H-pyrrole nitrogens is 1. The molecule has 4 aromatic rings. The smallest absolute Gasteiger partial charge is 0.328 e. The van der Waals surface area contributed by atoms with Gasteiger partial charge in [0.15, 0.2) is 0 Å². The summed E-state index contributed by atoms with van der Waals surface area (Å²) in [6, 6.07) is 11.1. The number of rotatable bonds is 4. The molecule has 9 heteroatoms. The zero-order valence-electron chi connectivity index (χ0n) is 19.5. The first kappa shape index (κ1) is 22.3. The van der Waals surface area contributed by atoms with Gasteiger partial charge in [0, 0.05) is 44.1 Å². The number of halogens is 1. The van der Waals surface area contributed by atoms with E-state index in [1.807, 2.05) is 19.1 Å². The molecule has 0 aliphatic carbocycles. The van der Waals surface area contributed by atoms with Crippen LogP contribution in [0.3, 0.4) is 0 Å². The molecule has 2 aromatic carbocycles. The predicted molar refractivity (Wildman–Crippen MR) is 138 cm³/mol. The lowest BCUT2D eigenvalue weighted by Gasteiger charge is -2.30. The van der Waals surface area contributed by atoms with Crippen LogP contribution in [0.5, 0.6) is 0 Å². The Morgan fingerprint density at radius 1 is 0.971 bits per heavy atom. The fourth-order valence-corrected chi connectivity index (χ4v) is 4.76. The minimum absolute atomic E-state index is 0.0759. The van der Waals surface area contributed by atoms with E-state index in [1.165, 1.54) is 11.1 Å². The molecule has 1 N–H and O–H groups in total. The fraction of sp³-hybridized carbons (Fsp3) is 0.320. The number of benzene rings is 2. The molecule has 34 heavy (non-hydrogen) atoms. The van der Waals surface area contributed by atoms with Gasteiger partial charge in [-0.25, -0.2) is 9.48 Å². The molecular formula is C25H27ClN6O2. The first-order chi connectivity index (χ1) is 16.3. The highest BCUT2D eigenvalue weighted by atomic mass is 35.5. The van der Waals surface area contributed by atoms with Crippen LogP contribution in [-0.2, 0) is 14.1 Å².